The molecule has 162 valence electrons. The van der Waals surface area contributed by atoms with E-state index in [0.717, 1.165) is 16.7 Å². The summed E-state index contributed by atoms with van der Waals surface area (Å²) in [7, 11) is 1.49. The van der Waals surface area contributed by atoms with Crippen molar-refractivity contribution in [1.29, 1.82) is 0 Å². The van der Waals surface area contributed by atoms with Crippen LogP contribution in [0.15, 0.2) is 65.8 Å². The number of carbonyl (C=O) groups is 2. The minimum Gasteiger partial charge on any atom is -0.493 e. The summed E-state index contributed by atoms with van der Waals surface area (Å²) in [4.78, 5) is 24.8. The first-order valence-electron chi connectivity index (χ1n) is 10.0. The van der Waals surface area contributed by atoms with Crippen molar-refractivity contribution >= 4 is 18.1 Å². The maximum absolute atomic E-state index is 12.4. The van der Waals surface area contributed by atoms with Gasteiger partial charge in [-0.25, -0.2) is 10.2 Å². The van der Waals surface area contributed by atoms with Crippen LogP contribution in [0.2, 0.25) is 0 Å². The van der Waals surface area contributed by atoms with E-state index in [-0.39, 0.29) is 5.91 Å². The molecule has 3 aromatic carbocycles. The van der Waals surface area contributed by atoms with Crippen LogP contribution in [0.1, 0.15) is 43.0 Å². The van der Waals surface area contributed by atoms with E-state index in [1.54, 1.807) is 42.5 Å². The van der Waals surface area contributed by atoms with E-state index in [1.165, 1.54) is 13.3 Å². The van der Waals surface area contributed by atoms with E-state index in [4.69, 9.17) is 14.2 Å². The van der Waals surface area contributed by atoms with Crippen molar-refractivity contribution in [3.05, 3.63) is 94.0 Å². The molecule has 0 saturated heterocycles. The van der Waals surface area contributed by atoms with Crippen LogP contribution in [0, 0.1) is 6.92 Å². The van der Waals surface area contributed by atoms with Crippen LogP contribution >= 0.6 is 0 Å². The van der Waals surface area contributed by atoms with Gasteiger partial charge in [-0.3, -0.25) is 4.79 Å². The Morgan fingerprint density at radius 3 is 2.62 bits per heavy atom. The van der Waals surface area contributed by atoms with Gasteiger partial charge in [0.15, 0.2) is 11.5 Å². The van der Waals surface area contributed by atoms with Gasteiger partial charge in [-0.2, -0.15) is 5.10 Å². The zero-order chi connectivity index (χ0) is 22.5. The van der Waals surface area contributed by atoms with Gasteiger partial charge in [0.25, 0.3) is 5.91 Å². The third-order valence-corrected chi connectivity index (χ3v) is 5.01. The molecular formula is C25H22N2O5. The average molecular weight is 430 g/mol. The third kappa shape index (κ3) is 4.84. The molecule has 0 unspecified atom stereocenters. The van der Waals surface area contributed by atoms with Crippen molar-refractivity contribution in [2.75, 3.05) is 7.11 Å². The lowest BCUT2D eigenvalue weighted by Crippen LogP contribution is -2.17. The highest BCUT2D eigenvalue weighted by Crippen LogP contribution is 2.28. The Morgan fingerprint density at radius 1 is 0.969 bits per heavy atom. The Balaban J connectivity index is 1.41. The van der Waals surface area contributed by atoms with E-state index < -0.39 is 5.97 Å². The lowest BCUT2D eigenvalue weighted by atomic mass is 10.1. The van der Waals surface area contributed by atoms with Crippen LogP contribution in [-0.4, -0.2) is 25.2 Å². The Bertz CT molecular complexity index is 1200. The van der Waals surface area contributed by atoms with Crippen molar-refractivity contribution in [1.82, 2.24) is 5.43 Å². The first-order chi connectivity index (χ1) is 15.5. The molecule has 0 radical (unpaired) electrons. The number of hydrazone groups is 1. The largest absolute Gasteiger partial charge is 0.493 e. The number of methoxy groups -OCH3 is 1. The van der Waals surface area contributed by atoms with E-state index in [1.807, 2.05) is 25.1 Å². The highest BCUT2D eigenvalue weighted by Gasteiger charge is 2.15. The van der Waals surface area contributed by atoms with Gasteiger partial charge in [0.05, 0.1) is 32.1 Å². The molecule has 0 saturated carbocycles. The Morgan fingerprint density at radius 2 is 1.81 bits per heavy atom. The number of aryl methyl sites for hydroxylation is 1. The van der Waals surface area contributed by atoms with Crippen LogP contribution in [0.3, 0.4) is 0 Å². The van der Waals surface area contributed by atoms with Gasteiger partial charge < -0.3 is 14.2 Å². The predicted molar refractivity (Wildman–Crippen MR) is 119 cm³/mol. The molecule has 0 spiro atoms. The van der Waals surface area contributed by atoms with Crippen molar-refractivity contribution in [2.24, 2.45) is 5.10 Å². The number of fused-ring (bicyclic) bond motifs is 1. The summed E-state index contributed by atoms with van der Waals surface area (Å²) in [6, 6.07) is 17.6. The molecule has 32 heavy (non-hydrogen) atoms. The molecule has 1 amide bonds. The fourth-order valence-corrected chi connectivity index (χ4v) is 3.32. The minimum absolute atomic E-state index is 0.292. The first-order valence-corrected chi connectivity index (χ1v) is 10.0. The predicted octanol–water partition coefficient (Wildman–Crippen LogP) is 4.02. The molecule has 3 aromatic rings. The molecule has 0 aromatic heterocycles. The zero-order valence-corrected chi connectivity index (χ0v) is 17.8. The van der Waals surface area contributed by atoms with E-state index in [2.05, 4.69) is 10.5 Å². The number of ether oxygens (including phenoxy) is 3. The van der Waals surface area contributed by atoms with Crippen LogP contribution in [-0.2, 0) is 18.0 Å². The quantitative estimate of drug-likeness (QED) is 0.276. The highest BCUT2D eigenvalue weighted by molar-refractivity contribution is 5.95. The monoisotopic (exact) mass is 430 g/mol. The third-order valence-electron chi connectivity index (χ3n) is 5.01. The topological polar surface area (TPSA) is 86.2 Å². The van der Waals surface area contributed by atoms with E-state index in [0.29, 0.717) is 41.4 Å². The van der Waals surface area contributed by atoms with E-state index >= 15 is 0 Å². The van der Waals surface area contributed by atoms with Gasteiger partial charge in [0.2, 0.25) is 0 Å². The highest BCUT2D eigenvalue weighted by atomic mass is 16.6. The molecule has 1 aliphatic heterocycles. The summed E-state index contributed by atoms with van der Waals surface area (Å²) in [5.74, 6) is -0.118. The molecule has 0 aliphatic carbocycles. The Hall–Kier alpha value is -3.97. The lowest BCUT2D eigenvalue weighted by Gasteiger charge is -2.10. The number of hydrogen-bond acceptors (Lipinski definition) is 6. The van der Waals surface area contributed by atoms with Crippen molar-refractivity contribution in [2.45, 2.75) is 20.1 Å². The second kappa shape index (κ2) is 9.45. The summed E-state index contributed by atoms with van der Waals surface area (Å²) in [5.41, 5.74) is 7.23. The summed E-state index contributed by atoms with van der Waals surface area (Å²) < 4.78 is 16.2. The molecule has 7 heteroatoms. The normalized spacial score (nSPS) is 12.4. The second-order valence-corrected chi connectivity index (χ2v) is 7.34. The first kappa shape index (κ1) is 21.3. The standard InChI is InChI=1S/C25H22N2O5/c1-16-4-3-5-19(10-16)25(29)32-22-9-6-17(11-23(22)30-2)13-26-27-24(28)18-7-8-20-14-31-15-21(20)12-18/h3-13H,14-15H2,1-2H3,(H,27,28). The summed E-state index contributed by atoms with van der Waals surface area (Å²) in [5, 5.41) is 4.02. The van der Waals surface area contributed by atoms with Crippen molar-refractivity contribution < 1.29 is 23.8 Å². The number of amides is 1. The summed E-state index contributed by atoms with van der Waals surface area (Å²) in [6.45, 7) is 3.00. The number of nitrogens with one attached hydrogen (secondary N) is 1. The van der Waals surface area contributed by atoms with Gasteiger partial charge in [-0.05, 0) is 66.1 Å². The van der Waals surface area contributed by atoms with Crippen molar-refractivity contribution in [3.8, 4) is 11.5 Å². The Kier molecular flexibility index (Phi) is 6.28. The molecular weight excluding hydrogens is 408 g/mol. The number of nitrogens with zero attached hydrogens (tertiary/aromatic N) is 1. The van der Waals surface area contributed by atoms with Crippen LogP contribution < -0.4 is 14.9 Å². The maximum atomic E-state index is 12.4. The maximum Gasteiger partial charge on any atom is 0.343 e. The van der Waals surface area contributed by atoms with Crippen LogP contribution in [0.5, 0.6) is 11.5 Å². The number of benzene rings is 3. The summed E-state index contributed by atoms with van der Waals surface area (Å²) >= 11 is 0. The molecule has 0 bridgehead atoms. The van der Waals surface area contributed by atoms with Gasteiger partial charge >= 0.3 is 5.97 Å². The second-order valence-electron chi connectivity index (χ2n) is 7.34. The number of rotatable bonds is 6. The van der Waals surface area contributed by atoms with Gasteiger partial charge in [0.1, 0.15) is 0 Å². The molecule has 0 atom stereocenters. The van der Waals surface area contributed by atoms with Crippen LogP contribution in [0.25, 0.3) is 0 Å². The lowest BCUT2D eigenvalue weighted by molar-refractivity contribution is 0.0729. The molecule has 1 N–H and O–H groups in total. The molecule has 1 heterocycles. The van der Waals surface area contributed by atoms with Gasteiger partial charge in [0, 0.05) is 5.56 Å². The SMILES string of the molecule is COc1cc(C=NNC(=O)c2ccc3c(c2)COC3)ccc1OC(=O)c1cccc(C)c1. The molecule has 0 fully saturated rings. The molecule has 7 nitrogen and oxygen atoms in total. The fourth-order valence-electron chi connectivity index (χ4n) is 3.32. The Labute approximate surface area is 185 Å². The zero-order valence-electron chi connectivity index (χ0n) is 17.8. The fraction of sp³-hybridized carbons (Fsp3) is 0.160. The average Bonchev–Trinajstić information content (AvgIpc) is 3.27. The smallest absolute Gasteiger partial charge is 0.343 e. The molecule has 4 rings (SSSR count). The van der Waals surface area contributed by atoms with E-state index in [9.17, 15) is 9.59 Å². The number of carbonyl (C=O) groups excluding carboxylic acids is 2. The number of hydrogen-bond donors (Lipinski definition) is 1. The van der Waals surface area contributed by atoms with Gasteiger partial charge in [-0.15, -0.1) is 0 Å². The van der Waals surface area contributed by atoms with Crippen molar-refractivity contribution in [3.63, 3.8) is 0 Å². The minimum atomic E-state index is -0.472. The van der Waals surface area contributed by atoms with Crippen LogP contribution in [0.4, 0.5) is 0 Å². The molecule has 1 aliphatic rings. The van der Waals surface area contributed by atoms with Gasteiger partial charge in [-0.1, -0.05) is 23.8 Å². The number of esters is 1. The summed E-state index contributed by atoms with van der Waals surface area (Å²) in [6.07, 6.45) is 1.49.